The van der Waals surface area contributed by atoms with Crippen LogP contribution in [0.5, 0.6) is 0 Å². The Hall–Kier alpha value is -2.44. The van der Waals surface area contributed by atoms with Gasteiger partial charge in [-0.05, 0) is 53.4 Å². The normalized spacial score (nSPS) is 20.3. The minimum atomic E-state index is -2.62. The van der Waals surface area contributed by atoms with Crippen LogP contribution in [0.2, 0.25) is 5.04 Å². The molecule has 36 heavy (non-hydrogen) atoms. The molecule has 1 unspecified atom stereocenters. The molecule has 0 aliphatic heterocycles. The molecule has 1 aliphatic rings. The van der Waals surface area contributed by atoms with Crippen molar-refractivity contribution in [3.8, 4) is 0 Å². The van der Waals surface area contributed by atoms with Gasteiger partial charge in [-0.25, -0.2) is 0 Å². The minimum Gasteiger partial charge on any atom is -0.481 e. The van der Waals surface area contributed by atoms with Crippen molar-refractivity contribution in [1.29, 1.82) is 0 Å². The van der Waals surface area contributed by atoms with E-state index in [1.165, 1.54) is 17.3 Å². The van der Waals surface area contributed by atoms with Crippen molar-refractivity contribution >= 4 is 30.6 Å². The van der Waals surface area contributed by atoms with Crippen molar-refractivity contribution in [2.24, 2.45) is 11.3 Å². The predicted octanol–water partition coefficient (Wildman–Crippen LogP) is 5.13. The molecule has 2 atom stereocenters. The zero-order valence-electron chi connectivity index (χ0n) is 22.4. The molecule has 2 N–H and O–H groups in total. The van der Waals surface area contributed by atoms with Crippen LogP contribution in [0.4, 0.5) is 0 Å². The molecule has 0 saturated heterocycles. The van der Waals surface area contributed by atoms with Gasteiger partial charge in [0.1, 0.15) is 0 Å². The highest BCUT2D eigenvalue weighted by atomic mass is 28.4. The summed E-state index contributed by atoms with van der Waals surface area (Å²) in [6.07, 6.45) is 5.64. The molecule has 0 radical (unpaired) electrons. The maximum absolute atomic E-state index is 12.4. The highest BCUT2D eigenvalue weighted by molar-refractivity contribution is 6.99. The SMILES string of the molecule is CC(=O)NCCCCC[C@]1(C(=O)O)CCC(CO[Si](c2ccccc2)(c2ccccc2)C(C)(C)C)C1. The molecule has 1 saturated carbocycles. The number of hydrogen-bond donors (Lipinski definition) is 2. The highest BCUT2D eigenvalue weighted by Gasteiger charge is 2.51. The third-order valence-electron chi connectivity index (χ3n) is 7.82. The number of rotatable bonds is 12. The molecule has 0 spiro atoms. The topological polar surface area (TPSA) is 75.6 Å². The third-order valence-corrected chi connectivity index (χ3v) is 12.8. The quantitative estimate of drug-likeness (QED) is 0.307. The van der Waals surface area contributed by atoms with Gasteiger partial charge in [0.2, 0.25) is 5.91 Å². The zero-order chi connectivity index (χ0) is 26.2. The van der Waals surface area contributed by atoms with Crippen LogP contribution < -0.4 is 15.7 Å². The lowest BCUT2D eigenvalue weighted by atomic mass is 9.80. The van der Waals surface area contributed by atoms with Crippen molar-refractivity contribution in [1.82, 2.24) is 5.32 Å². The summed E-state index contributed by atoms with van der Waals surface area (Å²) >= 11 is 0. The Morgan fingerprint density at radius 3 is 2.08 bits per heavy atom. The van der Waals surface area contributed by atoms with E-state index < -0.39 is 19.7 Å². The van der Waals surface area contributed by atoms with Crippen molar-refractivity contribution in [2.45, 2.75) is 77.7 Å². The number of nitrogens with one attached hydrogen (secondary N) is 1. The third kappa shape index (κ3) is 6.46. The van der Waals surface area contributed by atoms with Crippen molar-refractivity contribution < 1.29 is 19.1 Å². The van der Waals surface area contributed by atoms with E-state index in [0.717, 1.165) is 25.7 Å². The molecular formula is C30H43NO4Si. The van der Waals surface area contributed by atoms with Crippen LogP contribution in [0, 0.1) is 11.3 Å². The summed E-state index contributed by atoms with van der Waals surface area (Å²) in [6.45, 7) is 9.59. The van der Waals surface area contributed by atoms with Gasteiger partial charge in [-0.3, -0.25) is 9.59 Å². The molecule has 2 aromatic rings. The molecule has 0 bridgehead atoms. The largest absolute Gasteiger partial charge is 0.481 e. The molecule has 3 rings (SSSR count). The molecule has 1 fully saturated rings. The van der Waals surface area contributed by atoms with Crippen molar-refractivity contribution in [2.75, 3.05) is 13.2 Å². The highest BCUT2D eigenvalue weighted by Crippen LogP contribution is 2.47. The number of carbonyl (C=O) groups excluding carboxylic acids is 1. The van der Waals surface area contributed by atoms with E-state index in [4.69, 9.17) is 4.43 Å². The van der Waals surface area contributed by atoms with Crippen LogP contribution in [0.15, 0.2) is 60.7 Å². The van der Waals surface area contributed by atoms with Gasteiger partial charge >= 0.3 is 5.97 Å². The molecular weight excluding hydrogens is 466 g/mol. The van der Waals surface area contributed by atoms with Gasteiger partial charge < -0.3 is 14.8 Å². The van der Waals surface area contributed by atoms with Gasteiger partial charge in [0, 0.05) is 20.1 Å². The first kappa shape index (κ1) is 28.1. The molecule has 196 valence electrons. The van der Waals surface area contributed by atoms with Gasteiger partial charge in [-0.1, -0.05) is 94.3 Å². The summed E-state index contributed by atoms with van der Waals surface area (Å²) in [4.78, 5) is 23.4. The Kier molecular flexibility index (Phi) is 9.53. The second-order valence-electron chi connectivity index (χ2n) is 11.5. The van der Waals surface area contributed by atoms with E-state index >= 15 is 0 Å². The fourth-order valence-corrected chi connectivity index (χ4v) is 10.6. The lowest BCUT2D eigenvalue weighted by Crippen LogP contribution is -2.66. The van der Waals surface area contributed by atoms with E-state index in [9.17, 15) is 14.7 Å². The maximum atomic E-state index is 12.4. The number of benzene rings is 2. The standard InChI is InChI=1S/C30H43NO4Si/c1-24(32)31-21-13-7-12-19-30(28(33)34)20-18-25(22-30)23-35-36(29(2,3)4,26-14-8-5-9-15-26)27-16-10-6-11-17-27/h5-6,8-11,14-17,25H,7,12-13,18-23H2,1-4H3,(H,31,32)(H,33,34)/t25?,30-/m0/s1. The minimum absolute atomic E-state index is 0.0171. The Balaban J connectivity index is 1.74. The van der Waals surface area contributed by atoms with Crippen molar-refractivity contribution in [3.63, 3.8) is 0 Å². The fourth-order valence-electron chi connectivity index (χ4n) is 5.94. The van der Waals surface area contributed by atoms with E-state index in [1.807, 2.05) is 12.1 Å². The monoisotopic (exact) mass is 509 g/mol. The van der Waals surface area contributed by atoms with E-state index in [2.05, 4.69) is 74.6 Å². The van der Waals surface area contributed by atoms with Crippen LogP contribution in [-0.2, 0) is 14.0 Å². The molecule has 5 nitrogen and oxygen atoms in total. The number of carbonyl (C=O) groups is 2. The smallest absolute Gasteiger partial charge is 0.309 e. The maximum Gasteiger partial charge on any atom is 0.309 e. The molecule has 1 amide bonds. The zero-order valence-corrected chi connectivity index (χ0v) is 23.4. The van der Waals surface area contributed by atoms with E-state index in [1.54, 1.807) is 0 Å². The number of hydrogen-bond acceptors (Lipinski definition) is 3. The summed E-state index contributed by atoms with van der Waals surface area (Å²) in [6, 6.07) is 21.2. The summed E-state index contributed by atoms with van der Waals surface area (Å²) in [5.41, 5.74) is -0.659. The summed E-state index contributed by atoms with van der Waals surface area (Å²) < 4.78 is 7.11. The van der Waals surface area contributed by atoms with E-state index in [-0.39, 0.29) is 16.9 Å². The first-order valence-corrected chi connectivity index (χ1v) is 15.2. The average Bonchev–Trinajstić information content (AvgIpc) is 3.27. The summed E-state index contributed by atoms with van der Waals surface area (Å²) in [7, 11) is -2.62. The van der Waals surface area contributed by atoms with Gasteiger partial charge in [-0.15, -0.1) is 0 Å². The van der Waals surface area contributed by atoms with Crippen LogP contribution in [0.25, 0.3) is 0 Å². The number of carboxylic acid groups (broad SMARTS) is 1. The second-order valence-corrected chi connectivity index (χ2v) is 15.8. The molecule has 6 heteroatoms. The number of carboxylic acids is 1. The molecule has 0 aromatic heterocycles. The van der Waals surface area contributed by atoms with Crippen LogP contribution >= 0.6 is 0 Å². The first-order valence-electron chi connectivity index (χ1n) is 13.3. The number of aliphatic carboxylic acids is 1. The Morgan fingerprint density at radius 1 is 1.00 bits per heavy atom. The predicted molar refractivity (Wildman–Crippen MR) is 148 cm³/mol. The van der Waals surface area contributed by atoms with Gasteiger partial charge in [0.05, 0.1) is 5.41 Å². The lowest BCUT2D eigenvalue weighted by molar-refractivity contribution is -0.149. The molecule has 2 aromatic carbocycles. The Morgan fingerprint density at radius 2 is 1.58 bits per heavy atom. The van der Waals surface area contributed by atoms with Crippen LogP contribution in [0.1, 0.15) is 72.6 Å². The van der Waals surface area contributed by atoms with Crippen LogP contribution in [-0.4, -0.2) is 38.5 Å². The lowest BCUT2D eigenvalue weighted by Gasteiger charge is -2.43. The summed E-state index contributed by atoms with van der Waals surface area (Å²) in [5.74, 6) is -0.448. The molecule has 0 heterocycles. The summed E-state index contributed by atoms with van der Waals surface area (Å²) in [5, 5.41) is 15.4. The van der Waals surface area contributed by atoms with Crippen molar-refractivity contribution in [3.05, 3.63) is 60.7 Å². The molecule has 1 aliphatic carbocycles. The fraction of sp³-hybridized carbons (Fsp3) is 0.533. The Bertz CT molecular complexity index is 950. The van der Waals surface area contributed by atoms with Crippen LogP contribution in [0.3, 0.4) is 0 Å². The number of amides is 1. The van der Waals surface area contributed by atoms with Gasteiger partial charge in [0.15, 0.2) is 0 Å². The first-order chi connectivity index (χ1) is 17.1. The van der Waals surface area contributed by atoms with Gasteiger partial charge in [0.25, 0.3) is 8.32 Å². The number of unbranched alkanes of at least 4 members (excludes halogenated alkanes) is 2. The Labute approximate surface area is 217 Å². The van der Waals surface area contributed by atoms with E-state index in [0.29, 0.717) is 32.4 Å². The second kappa shape index (κ2) is 12.2. The average molecular weight is 510 g/mol. The van der Waals surface area contributed by atoms with Gasteiger partial charge in [-0.2, -0.15) is 0 Å².